The van der Waals surface area contributed by atoms with E-state index in [2.05, 4.69) is 62.9 Å². The first-order valence-corrected chi connectivity index (χ1v) is 14.0. The quantitative estimate of drug-likeness (QED) is 0.574. The molecule has 0 amide bonds. The van der Waals surface area contributed by atoms with Gasteiger partial charge in [0.1, 0.15) is 0 Å². The Bertz CT molecular complexity index is 75.9. The topological polar surface area (TPSA) is 0 Å². The molecule has 0 aliphatic rings. The Balaban J connectivity index is 0. The normalized spacial score (nSPS) is 11.5. The summed E-state index contributed by atoms with van der Waals surface area (Å²) in [5.74, 6) is 0.954. The highest BCUT2D eigenvalue weighted by Crippen LogP contribution is 2.09. The van der Waals surface area contributed by atoms with Crippen LogP contribution in [0.2, 0.25) is 0 Å². The van der Waals surface area contributed by atoms with Gasteiger partial charge in [-0.1, -0.05) is 46.5 Å². The van der Waals surface area contributed by atoms with Gasteiger partial charge >= 0.3 is 8.67 Å². The van der Waals surface area contributed by atoms with Crippen molar-refractivity contribution in [2.45, 2.75) is 46.5 Å². The van der Waals surface area contributed by atoms with Crippen molar-refractivity contribution in [1.29, 1.82) is 0 Å². The van der Waals surface area contributed by atoms with Crippen LogP contribution < -0.4 is 0 Å². The van der Waals surface area contributed by atoms with Crippen LogP contribution in [0, 0.1) is 5.92 Å². The van der Waals surface area contributed by atoms with Gasteiger partial charge in [-0.2, -0.15) is 42.2 Å². The highest BCUT2D eigenvalue weighted by atomic mass is 80.0. The molecule has 0 aromatic rings. The SMILES string of the molecule is CCCCC(C)CC.[Br][Al]([Br])[Br]. The van der Waals surface area contributed by atoms with E-state index < -0.39 is 8.67 Å². The van der Waals surface area contributed by atoms with E-state index in [0.717, 1.165) is 5.92 Å². The predicted octanol–water partition coefficient (Wildman–Crippen LogP) is 5.38. The smallest absolute Gasteiger partial charge is 0.181 e. The van der Waals surface area contributed by atoms with Crippen LogP contribution in [0.5, 0.6) is 0 Å². The summed E-state index contributed by atoms with van der Waals surface area (Å²) in [4.78, 5) is 0. The zero-order valence-corrected chi connectivity index (χ0v) is 14.0. The lowest BCUT2D eigenvalue weighted by Gasteiger charge is -2.04. The summed E-state index contributed by atoms with van der Waals surface area (Å²) in [7, 11) is -0.701. The second-order valence-electron chi connectivity index (χ2n) is 2.90. The van der Waals surface area contributed by atoms with Crippen LogP contribution in [0.25, 0.3) is 0 Å². The van der Waals surface area contributed by atoms with Crippen LogP contribution in [0.15, 0.2) is 0 Å². The molecule has 0 rings (SSSR count). The van der Waals surface area contributed by atoms with E-state index in [-0.39, 0.29) is 0 Å². The third-order valence-corrected chi connectivity index (χ3v) is 1.75. The predicted molar refractivity (Wildman–Crippen MR) is 71.5 cm³/mol. The molecule has 0 heterocycles. The minimum absolute atomic E-state index is 0.701. The molecule has 0 saturated heterocycles. The van der Waals surface area contributed by atoms with Crippen LogP contribution in [0.1, 0.15) is 46.5 Å². The van der Waals surface area contributed by atoms with Crippen molar-refractivity contribution in [1.82, 2.24) is 0 Å². The Labute approximate surface area is 102 Å². The van der Waals surface area contributed by atoms with Crippen molar-refractivity contribution in [2.24, 2.45) is 5.92 Å². The average Bonchev–Trinajstić information content (AvgIpc) is 1.99. The maximum absolute atomic E-state index is 3.24. The van der Waals surface area contributed by atoms with Crippen molar-refractivity contribution in [3.8, 4) is 0 Å². The molecule has 0 fully saturated rings. The van der Waals surface area contributed by atoms with Crippen LogP contribution in [-0.2, 0) is 0 Å². The molecule has 4 heteroatoms. The molecule has 0 N–H and O–H groups in total. The number of rotatable bonds is 4. The lowest BCUT2D eigenvalue weighted by Crippen LogP contribution is -1.89. The average molecular weight is 381 g/mol. The first-order valence-electron chi connectivity index (χ1n) is 4.46. The summed E-state index contributed by atoms with van der Waals surface area (Å²) in [5, 5.41) is 0. The fourth-order valence-electron chi connectivity index (χ4n) is 0.757. The minimum Gasteiger partial charge on any atom is -0.181 e. The second kappa shape index (κ2) is 13.0. The molecule has 0 aromatic heterocycles. The number of hydrogen-bond donors (Lipinski definition) is 0. The molecule has 0 nitrogen and oxygen atoms in total. The van der Waals surface area contributed by atoms with Gasteiger partial charge < -0.3 is 0 Å². The molecular formula is C8H18AlBr3. The molecule has 0 aliphatic carbocycles. The maximum Gasteiger partial charge on any atom is 0.542 e. The summed E-state index contributed by atoms with van der Waals surface area (Å²) in [6.07, 6.45) is 5.53. The van der Waals surface area contributed by atoms with E-state index in [0.29, 0.717) is 0 Å². The standard InChI is InChI=1S/C8H18.Al.3BrH/c1-4-6-7-8(3)5-2;;;;/h8H,4-7H2,1-3H3;;3*1H/q;+3;;;/p-3. The van der Waals surface area contributed by atoms with Crippen molar-refractivity contribution in [2.75, 3.05) is 0 Å². The van der Waals surface area contributed by atoms with Gasteiger partial charge in [0.2, 0.25) is 0 Å². The zero-order valence-electron chi connectivity index (χ0n) is 8.12. The van der Waals surface area contributed by atoms with Gasteiger partial charge in [-0.3, -0.25) is 0 Å². The Morgan fingerprint density at radius 2 is 1.58 bits per heavy atom. The van der Waals surface area contributed by atoms with Gasteiger partial charge in [-0.05, 0) is 5.92 Å². The molecule has 0 aliphatic heterocycles. The number of halogens is 3. The minimum atomic E-state index is -0.701. The fraction of sp³-hybridized carbons (Fsp3) is 1.00. The Kier molecular flexibility index (Phi) is 17.7. The largest absolute Gasteiger partial charge is 0.542 e. The van der Waals surface area contributed by atoms with E-state index in [9.17, 15) is 0 Å². The van der Waals surface area contributed by atoms with Crippen molar-refractivity contribution < 1.29 is 0 Å². The third-order valence-electron chi connectivity index (χ3n) is 1.75. The van der Waals surface area contributed by atoms with Crippen molar-refractivity contribution >= 4 is 50.8 Å². The van der Waals surface area contributed by atoms with Crippen LogP contribution in [0.4, 0.5) is 0 Å². The first kappa shape index (κ1) is 16.4. The fourth-order valence-corrected chi connectivity index (χ4v) is 0.757. The Morgan fingerprint density at radius 3 is 1.83 bits per heavy atom. The molecule has 1 atom stereocenters. The highest BCUT2D eigenvalue weighted by Gasteiger charge is 1.95. The summed E-state index contributed by atoms with van der Waals surface area (Å²) in [5.41, 5.74) is 0. The Hall–Kier alpha value is 1.97. The lowest BCUT2D eigenvalue weighted by molar-refractivity contribution is 0.492. The number of hydrogen-bond acceptors (Lipinski definition) is 0. The van der Waals surface area contributed by atoms with Crippen molar-refractivity contribution in [3.05, 3.63) is 0 Å². The van der Waals surface area contributed by atoms with E-state index >= 15 is 0 Å². The highest BCUT2D eigenvalue weighted by molar-refractivity contribution is 9.69. The summed E-state index contributed by atoms with van der Waals surface area (Å²) in [6, 6.07) is 0. The van der Waals surface area contributed by atoms with Gasteiger partial charge in [0.15, 0.2) is 0 Å². The molecule has 0 spiro atoms. The van der Waals surface area contributed by atoms with Gasteiger partial charge in [0.25, 0.3) is 0 Å². The maximum atomic E-state index is 3.24. The van der Waals surface area contributed by atoms with E-state index in [1.165, 1.54) is 25.7 Å². The van der Waals surface area contributed by atoms with Gasteiger partial charge in [0.05, 0.1) is 0 Å². The second-order valence-corrected chi connectivity index (χ2v) is 22.7. The van der Waals surface area contributed by atoms with Gasteiger partial charge in [-0.25, -0.2) is 0 Å². The number of unbranched alkanes of at least 4 members (excludes halogenated alkanes) is 1. The Morgan fingerprint density at radius 1 is 1.17 bits per heavy atom. The van der Waals surface area contributed by atoms with E-state index in [1.54, 1.807) is 0 Å². The van der Waals surface area contributed by atoms with Gasteiger partial charge in [-0.15, -0.1) is 0 Å². The monoisotopic (exact) mass is 378 g/mol. The van der Waals surface area contributed by atoms with Gasteiger partial charge in [0, 0.05) is 0 Å². The molecule has 0 bridgehead atoms. The molecule has 1 unspecified atom stereocenters. The molecular weight excluding hydrogens is 363 g/mol. The van der Waals surface area contributed by atoms with Crippen LogP contribution in [0.3, 0.4) is 0 Å². The summed E-state index contributed by atoms with van der Waals surface area (Å²) >= 11 is 9.73. The van der Waals surface area contributed by atoms with Crippen LogP contribution in [-0.4, -0.2) is 8.67 Å². The molecule has 12 heavy (non-hydrogen) atoms. The first-order chi connectivity index (χ1) is 5.54. The van der Waals surface area contributed by atoms with Crippen LogP contribution >= 0.6 is 42.2 Å². The molecule has 0 radical (unpaired) electrons. The molecule has 0 aromatic carbocycles. The summed E-state index contributed by atoms with van der Waals surface area (Å²) in [6.45, 7) is 6.85. The van der Waals surface area contributed by atoms with Crippen molar-refractivity contribution in [3.63, 3.8) is 0 Å². The summed E-state index contributed by atoms with van der Waals surface area (Å²) < 4.78 is 0. The molecule has 0 saturated carbocycles. The lowest BCUT2D eigenvalue weighted by atomic mass is 10.0. The van der Waals surface area contributed by atoms with E-state index in [4.69, 9.17) is 0 Å². The van der Waals surface area contributed by atoms with E-state index in [1.807, 2.05) is 0 Å². The zero-order chi connectivity index (χ0) is 9.98. The third kappa shape index (κ3) is 22.7. The molecule has 74 valence electrons.